The Balaban J connectivity index is 2.18. The number of sulfone groups is 1. The third kappa shape index (κ3) is 4.97. The smallest absolute Gasteiger partial charge is 0.253 e. The zero-order valence-electron chi connectivity index (χ0n) is 13.4. The van der Waals surface area contributed by atoms with Crippen LogP contribution in [-0.2, 0) is 21.3 Å². The molecule has 2 aromatic rings. The van der Waals surface area contributed by atoms with Gasteiger partial charge in [-0.2, -0.15) is 4.98 Å². The molecule has 2 rings (SSSR count). The summed E-state index contributed by atoms with van der Waals surface area (Å²) in [5.41, 5.74) is 0. The first-order chi connectivity index (χ1) is 10.7. The van der Waals surface area contributed by atoms with Crippen LogP contribution in [0.1, 0.15) is 0 Å². The summed E-state index contributed by atoms with van der Waals surface area (Å²) >= 11 is 3.13. The first kappa shape index (κ1) is 18.3. The van der Waals surface area contributed by atoms with Crippen LogP contribution in [0.25, 0.3) is 0 Å². The van der Waals surface area contributed by atoms with E-state index in [1.807, 2.05) is 0 Å². The van der Waals surface area contributed by atoms with Crippen LogP contribution in [0, 0.1) is 0 Å². The molecule has 0 bridgehead atoms. The van der Waals surface area contributed by atoms with Crippen molar-refractivity contribution >= 4 is 33.8 Å². The first-order valence-corrected chi connectivity index (χ1v) is 13.2. The molecule has 0 aliphatic heterocycles. The van der Waals surface area contributed by atoms with E-state index in [-0.39, 0.29) is 21.5 Å². The highest BCUT2D eigenvalue weighted by atomic mass is 79.9. The van der Waals surface area contributed by atoms with Crippen LogP contribution in [0.2, 0.25) is 25.7 Å². The number of benzene rings is 1. The lowest BCUT2D eigenvalue weighted by Crippen LogP contribution is -2.22. The summed E-state index contributed by atoms with van der Waals surface area (Å²) in [5, 5.41) is 3.94. The van der Waals surface area contributed by atoms with Crippen molar-refractivity contribution in [2.75, 3.05) is 6.61 Å². The van der Waals surface area contributed by atoms with Crippen LogP contribution < -0.4 is 0 Å². The molecule has 9 heteroatoms. The molecule has 1 aromatic carbocycles. The van der Waals surface area contributed by atoms with Crippen molar-refractivity contribution in [1.29, 1.82) is 0 Å². The van der Waals surface area contributed by atoms with Crippen LogP contribution >= 0.6 is 15.9 Å². The Morgan fingerprint density at radius 2 is 1.87 bits per heavy atom. The highest BCUT2D eigenvalue weighted by Crippen LogP contribution is 2.20. The average molecular weight is 418 g/mol. The van der Waals surface area contributed by atoms with Gasteiger partial charge in [-0.3, -0.25) is 0 Å². The zero-order valence-corrected chi connectivity index (χ0v) is 16.8. The van der Waals surface area contributed by atoms with E-state index in [4.69, 9.17) is 4.74 Å². The molecule has 0 saturated heterocycles. The summed E-state index contributed by atoms with van der Waals surface area (Å²) in [7, 11) is -4.92. The van der Waals surface area contributed by atoms with Gasteiger partial charge in [0, 0.05) is 14.7 Å². The SMILES string of the molecule is C[Si](C)(C)CCOCn1nc(Br)nc1S(=O)(=O)c1ccccc1. The summed E-state index contributed by atoms with van der Waals surface area (Å²) in [6, 6.07) is 9.19. The molecule has 0 aliphatic carbocycles. The highest BCUT2D eigenvalue weighted by Gasteiger charge is 2.25. The van der Waals surface area contributed by atoms with Gasteiger partial charge in [-0.15, -0.1) is 5.10 Å². The Morgan fingerprint density at radius 3 is 2.48 bits per heavy atom. The van der Waals surface area contributed by atoms with E-state index in [0.717, 1.165) is 6.04 Å². The fraction of sp³-hybridized carbons (Fsp3) is 0.429. The molecule has 0 amide bonds. The van der Waals surface area contributed by atoms with Crippen molar-refractivity contribution in [2.45, 2.75) is 42.5 Å². The predicted octanol–water partition coefficient (Wildman–Crippen LogP) is 3.19. The zero-order chi connectivity index (χ0) is 17.1. The molecule has 1 aromatic heterocycles. The van der Waals surface area contributed by atoms with E-state index in [1.54, 1.807) is 18.2 Å². The number of hydrogen-bond donors (Lipinski definition) is 0. The molecule has 0 fully saturated rings. The molecule has 0 spiro atoms. The lowest BCUT2D eigenvalue weighted by atomic mass is 10.4. The van der Waals surface area contributed by atoms with Crippen molar-refractivity contribution in [3.05, 3.63) is 35.1 Å². The van der Waals surface area contributed by atoms with Crippen LogP contribution in [0.3, 0.4) is 0 Å². The fourth-order valence-corrected chi connectivity index (χ4v) is 4.36. The topological polar surface area (TPSA) is 74.1 Å². The minimum atomic E-state index is -3.73. The summed E-state index contributed by atoms with van der Waals surface area (Å²) in [5.74, 6) is 0. The molecule has 0 aliphatic rings. The predicted molar refractivity (Wildman–Crippen MR) is 93.7 cm³/mol. The van der Waals surface area contributed by atoms with E-state index in [1.165, 1.54) is 16.8 Å². The van der Waals surface area contributed by atoms with Gasteiger partial charge < -0.3 is 4.74 Å². The first-order valence-electron chi connectivity index (χ1n) is 7.18. The Kier molecular flexibility index (Phi) is 5.77. The van der Waals surface area contributed by atoms with Gasteiger partial charge >= 0.3 is 0 Å². The van der Waals surface area contributed by atoms with Gasteiger partial charge in [0.2, 0.25) is 14.6 Å². The maximum absolute atomic E-state index is 12.7. The molecular weight excluding hydrogens is 398 g/mol. The normalized spacial score (nSPS) is 12.5. The molecule has 0 atom stereocenters. The van der Waals surface area contributed by atoms with E-state index >= 15 is 0 Å². The second kappa shape index (κ2) is 7.25. The lowest BCUT2D eigenvalue weighted by Gasteiger charge is -2.15. The van der Waals surface area contributed by atoms with Gasteiger partial charge in [-0.25, -0.2) is 13.1 Å². The van der Waals surface area contributed by atoms with Gasteiger partial charge in [0.25, 0.3) is 5.16 Å². The lowest BCUT2D eigenvalue weighted by molar-refractivity contribution is 0.0712. The minimum absolute atomic E-state index is 0.0600. The van der Waals surface area contributed by atoms with Gasteiger partial charge in [0.05, 0.1) is 4.90 Å². The second-order valence-electron chi connectivity index (χ2n) is 6.33. The molecular formula is C14H20BrN3O3SSi. The van der Waals surface area contributed by atoms with Crippen LogP contribution in [0.5, 0.6) is 0 Å². The molecule has 1 heterocycles. The third-order valence-electron chi connectivity index (χ3n) is 3.12. The number of rotatable bonds is 7. The van der Waals surface area contributed by atoms with Crippen molar-refractivity contribution < 1.29 is 13.2 Å². The standard InChI is InChI=1S/C14H20BrN3O3SSi/c1-23(2,3)10-9-21-11-18-14(16-13(15)17-18)22(19,20)12-7-5-4-6-8-12/h4-8H,9-11H2,1-3H3. The monoisotopic (exact) mass is 417 g/mol. The van der Waals surface area contributed by atoms with Crippen LogP contribution in [0.15, 0.2) is 45.1 Å². The Labute approximate surface area is 145 Å². The second-order valence-corrected chi connectivity index (χ2v) is 14.5. The summed E-state index contributed by atoms with van der Waals surface area (Å²) in [6.07, 6.45) is 0. The molecule has 0 saturated carbocycles. The summed E-state index contributed by atoms with van der Waals surface area (Å²) in [6.45, 7) is 7.41. The molecule has 23 heavy (non-hydrogen) atoms. The van der Waals surface area contributed by atoms with E-state index in [0.29, 0.717) is 6.61 Å². The fourth-order valence-electron chi connectivity index (χ4n) is 1.82. The minimum Gasteiger partial charge on any atom is -0.359 e. The number of hydrogen-bond acceptors (Lipinski definition) is 5. The van der Waals surface area contributed by atoms with Crippen LogP contribution in [0.4, 0.5) is 0 Å². The molecule has 0 unspecified atom stereocenters. The maximum atomic E-state index is 12.7. The molecule has 6 nitrogen and oxygen atoms in total. The number of nitrogens with zero attached hydrogens (tertiary/aromatic N) is 3. The van der Waals surface area contributed by atoms with Gasteiger partial charge in [0.15, 0.2) is 0 Å². The third-order valence-corrected chi connectivity index (χ3v) is 6.83. The van der Waals surface area contributed by atoms with E-state index in [2.05, 4.69) is 45.7 Å². The van der Waals surface area contributed by atoms with E-state index in [9.17, 15) is 8.42 Å². The summed E-state index contributed by atoms with van der Waals surface area (Å²) in [4.78, 5) is 4.18. The molecule has 126 valence electrons. The quantitative estimate of drug-likeness (QED) is 0.510. The maximum Gasteiger partial charge on any atom is 0.253 e. The number of aromatic nitrogens is 3. The van der Waals surface area contributed by atoms with Crippen molar-refractivity contribution in [1.82, 2.24) is 14.8 Å². The number of halogens is 1. The largest absolute Gasteiger partial charge is 0.359 e. The molecule has 0 radical (unpaired) electrons. The number of ether oxygens (including phenoxy) is 1. The molecule has 0 N–H and O–H groups in total. The van der Waals surface area contributed by atoms with Gasteiger partial charge in [0.1, 0.15) is 6.73 Å². The van der Waals surface area contributed by atoms with Crippen molar-refractivity contribution in [2.24, 2.45) is 0 Å². The Bertz CT molecular complexity index is 757. The van der Waals surface area contributed by atoms with Crippen LogP contribution in [-0.4, -0.2) is 37.9 Å². The Hall–Kier alpha value is -1.03. The van der Waals surface area contributed by atoms with Gasteiger partial charge in [-0.1, -0.05) is 37.8 Å². The van der Waals surface area contributed by atoms with Gasteiger partial charge in [-0.05, 0) is 34.1 Å². The average Bonchev–Trinajstić information content (AvgIpc) is 2.85. The Morgan fingerprint density at radius 1 is 1.22 bits per heavy atom. The highest BCUT2D eigenvalue weighted by molar-refractivity contribution is 9.10. The van der Waals surface area contributed by atoms with Crippen molar-refractivity contribution in [3.8, 4) is 0 Å². The van der Waals surface area contributed by atoms with Crippen molar-refractivity contribution in [3.63, 3.8) is 0 Å². The summed E-state index contributed by atoms with van der Waals surface area (Å²) < 4.78 is 32.4. The van der Waals surface area contributed by atoms with E-state index < -0.39 is 17.9 Å².